The first-order valence-corrected chi connectivity index (χ1v) is 8.05. The van der Waals surface area contributed by atoms with Gasteiger partial charge in [-0.15, -0.1) is 11.8 Å². The molecule has 4 heteroatoms. The van der Waals surface area contributed by atoms with Crippen LogP contribution in [0.15, 0.2) is 57.9 Å². The topological polar surface area (TPSA) is 29.1 Å². The number of amides is 1. The first-order chi connectivity index (χ1) is 9.54. The minimum atomic E-state index is -0.0894. The van der Waals surface area contributed by atoms with Crippen LogP contribution in [0.3, 0.4) is 0 Å². The number of carbonyl (C=O) groups excluding carboxylic acids is 1. The molecular weight excluding hydrogens is 334 g/mol. The summed E-state index contributed by atoms with van der Waals surface area (Å²) in [6.45, 7) is 4.30. The molecule has 0 radical (unpaired) electrons. The van der Waals surface area contributed by atoms with Crippen molar-refractivity contribution < 1.29 is 4.79 Å². The number of hydrogen-bond acceptors (Lipinski definition) is 2. The maximum Gasteiger partial charge on any atom is 0.255 e. The molecule has 0 aliphatic heterocycles. The first-order valence-electron chi connectivity index (χ1n) is 6.38. The Morgan fingerprint density at radius 1 is 1.05 bits per heavy atom. The molecule has 2 aromatic rings. The van der Waals surface area contributed by atoms with Crippen molar-refractivity contribution in [2.75, 3.05) is 5.32 Å². The smallest absolute Gasteiger partial charge is 0.255 e. The van der Waals surface area contributed by atoms with Gasteiger partial charge in [-0.25, -0.2) is 0 Å². The molecule has 0 unspecified atom stereocenters. The minimum Gasteiger partial charge on any atom is -0.322 e. The highest BCUT2D eigenvalue weighted by Gasteiger charge is 2.06. The molecule has 2 aromatic carbocycles. The van der Waals surface area contributed by atoms with Gasteiger partial charge in [0.25, 0.3) is 5.91 Å². The molecule has 1 amide bonds. The normalized spacial score (nSPS) is 10.6. The molecular formula is C16H16BrNOS. The molecule has 0 saturated carbocycles. The summed E-state index contributed by atoms with van der Waals surface area (Å²) in [5.41, 5.74) is 1.46. The second-order valence-corrected chi connectivity index (χ2v) is 7.22. The van der Waals surface area contributed by atoms with Gasteiger partial charge in [0.05, 0.1) is 0 Å². The van der Waals surface area contributed by atoms with Gasteiger partial charge in [-0.3, -0.25) is 4.79 Å². The van der Waals surface area contributed by atoms with Gasteiger partial charge in [0.15, 0.2) is 0 Å². The van der Waals surface area contributed by atoms with E-state index in [0.717, 1.165) is 10.2 Å². The third kappa shape index (κ3) is 4.39. The second kappa shape index (κ2) is 6.95. The van der Waals surface area contributed by atoms with Gasteiger partial charge in [-0.05, 0) is 48.5 Å². The van der Waals surface area contributed by atoms with Crippen molar-refractivity contribution in [3.05, 3.63) is 58.6 Å². The van der Waals surface area contributed by atoms with Crippen LogP contribution in [0.1, 0.15) is 24.2 Å². The van der Waals surface area contributed by atoms with Gasteiger partial charge in [-0.2, -0.15) is 0 Å². The van der Waals surface area contributed by atoms with E-state index in [0.29, 0.717) is 10.8 Å². The summed E-state index contributed by atoms with van der Waals surface area (Å²) in [6.07, 6.45) is 0. The number of hydrogen-bond donors (Lipinski definition) is 1. The highest BCUT2D eigenvalue weighted by Crippen LogP contribution is 2.23. The molecule has 0 aliphatic carbocycles. The third-order valence-corrected chi connectivity index (χ3v) is 4.13. The molecule has 1 N–H and O–H groups in total. The van der Waals surface area contributed by atoms with Crippen LogP contribution >= 0.6 is 27.7 Å². The summed E-state index contributed by atoms with van der Waals surface area (Å²) in [4.78, 5) is 13.3. The van der Waals surface area contributed by atoms with Gasteiger partial charge in [-0.1, -0.05) is 29.8 Å². The molecule has 0 spiro atoms. The van der Waals surface area contributed by atoms with E-state index in [4.69, 9.17) is 0 Å². The minimum absolute atomic E-state index is 0.0894. The van der Waals surface area contributed by atoms with Crippen LogP contribution in [-0.4, -0.2) is 11.2 Å². The zero-order valence-corrected chi connectivity index (χ0v) is 13.8. The van der Waals surface area contributed by atoms with E-state index in [1.807, 2.05) is 48.5 Å². The molecule has 0 atom stereocenters. The highest BCUT2D eigenvalue weighted by atomic mass is 79.9. The van der Waals surface area contributed by atoms with E-state index in [1.54, 1.807) is 11.8 Å². The Morgan fingerprint density at radius 2 is 1.65 bits per heavy atom. The van der Waals surface area contributed by atoms with Crippen LogP contribution in [0, 0.1) is 0 Å². The Bertz CT molecular complexity index is 578. The Hall–Kier alpha value is -1.26. The largest absolute Gasteiger partial charge is 0.322 e. The molecule has 0 aromatic heterocycles. The third-order valence-electron chi connectivity index (χ3n) is 2.59. The van der Waals surface area contributed by atoms with Crippen molar-refractivity contribution in [1.82, 2.24) is 0 Å². The number of carbonyl (C=O) groups is 1. The number of rotatable bonds is 4. The van der Waals surface area contributed by atoms with Crippen molar-refractivity contribution in [3.8, 4) is 0 Å². The number of thioether (sulfide) groups is 1. The molecule has 0 saturated heterocycles. The van der Waals surface area contributed by atoms with E-state index in [2.05, 4.69) is 35.1 Å². The molecule has 2 nitrogen and oxygen atoms in total. The second-order valence-electron chi connectivity index (χ2n) is 4.65. The number of benzene rings is 2. The number of nitrogens with one attached hydrogen (secondary N) is 1. The van der Waals surface area contributed by atoms with Gasteiger partial charge < -0.3 is 5.32 Å². The highest BCUT2D eigenvalue weighted by molar-refractivity contribution is 9.10. The van der Waals surface area contributed by atoms with E-state index in [1.165, 1.54) is 4.90 Å². The molecule has 20 heavy (non-hydrogen) atoms. The van der Waals surface area contributed by atoms with E-state index < -0.39 is 0 Å². The lowest BCUT2D eigenvalue weighted by molar-refractivity contribution is 0.102. The fourth-order valence-corrected chi connectivity index (χ4v) is 2.80. The average molecular weight is 350 g/mol. The fourth-order valence-electron chi connectivity index (χ4n) is 1.69. The monoisotopic (exact) mass is 349 g/mol. The Balaban J connectivity index is 2.03. The standard InChI is InChI=1S/C16H16BrNOS/c1-11(2)20-15-9-3-12(4-10-15)16(19)18-14-7-5-13(17)6-8-14/h3-11H,1-2H3,(H,18,19). The van der Waals surface area contributed by atoms with Gasteiger partial charge in [0.2, 0.25) is 0 Å². The van der Waals surface area contributed by atoms with Crippen molar-refractivity contribution >= 4 is 39.3 Å². The summed E-state index contributed by atoms with van der Waals surface area (Å²) in [5, 5.41) is 3.42. The van der Waals surface area contributed by atoms with Gasteiger partial charge >= 0.3 is 0 Å². The van der Waals surface area contributed by atoms with Crippen LogP contribution in [0.2, 0.25) is 0 Å². The SMILES string of the molecule is CC(C)Sc1ccc(C(=O)Nc2ccc(Br)cc2)cc1. The zero-order valence-electron chi connectivity index (χ0n) is 11.4. The molecule has 0 fully saturated rings. The lowest BCUT2D eigenvalue weighted by Crippen LogP contribution is -2.11. The fraction of sp³-hybridized carbons (Fsp3) is 0.188. The molecule has 0 bridgehead atoms. The van der Waals surface area contributed by atoms with Crippen LogP contribution in [-0.2, 0) is 0 Å². The van der Waals surface area contributed by atoms with E-state index in [-0.39, 0.29) is 5.91 Å². The lowest BCUT2D eigenvalue weighted by atomic mass is 10.2. The summed E-state index contributed by atoms with van der Waals surface area (Å²) in [6, 6.07) is 15.2. The predicted octanol–water partition coefficient (Wildman–Crippen LogP) is 5.20. The Labute approximate surface area is 132 Å². The first kappa shape index (κ1) is 15.1. The molecule has 104 valence electrons. The van der Waals surface area contributed by atoms with Gasteiger partial charge in [0.1, 0.15) is 0 Å². The van der Waals surface area contributed by atoms with Crippen LogP contribution in [0.5, 0.6) is 0 Å². The van der Waals surface area contributed by atoms with Crippen LogP contribution in [0.4, 0.5) is 5.69 Å². The Morgan fingerprint density at radius 3 is 2.20 bits per heavy atom. The van der Waals surface area contributed by atoms with Crippen LogP contribution < -0.4 is 5.32 Å². The summed E-state index contributed by atoms with van der Waals surface area (Å²) in [7, 11) is 0. The summed E-state index contributed by atoms with van der Waals surface area (Å²) >= 11 is 5.16. The maximum absolute atomic E-state index is 12.1. The van der Waals surface area contributed by atoms with Crippen molar-refractivity contribution in [3.63, 3.8) is 0 Å². The predicted molar refractivity (Wildman–Crippen MR) is 89.5 cm³/mol. The van der Waals surface area contributed by atoms with Crippen molar-refractivity contribution in [1.29, 1.82) is 0 Å². The van der Waals surface area contributed by atoms with E-state index in [9.17, 15) is 4.79 Å². The number of anilines is 1. The molecule has 2 rings (SSSR count). The quantitative estimate of drug-likeness (QED) is 0.768. The summed E-state index contributed by atoms with van der Waals surface area (Å²) in [5.74, 6) is -0.0894. The molecule has 0 heterocycles. The lowest BCUT2D eigenvalue weighted by Gasteiger charge is -2.07. The van der Waals surface area contributed by atoms with Crippen molar-refractivity contribution in [2.45, 2.75) is 24.0 Å². The summed E-state index contributed by atoms with van der Waals surface area (Å²) < 4.78 is 0.991. The number of halogens is 1. The zero-order chi connectivity index (χ0) is 14.5. The van der Waals surface area contributed by atoms with Crippen LogP contribution in [0.25, 0.3) is 0 Å². The van der Waals surface area contributed by atoms with E-state index >= 15 is 0 Å². The molecule has 0 aliphatic rings. The Kier molecular flexibility index (Phi) is 5.26. The average Bonchev–Trinajstić information content (AvgIpc) is 2.41. The maximum atomic E-state index is 12.1. The van der Waals surface area contributed by atoms with Crippen molar-refractivity contribution in [2.24, 2.45) is 0 Å². The van der Waals surface area contributed by atoms with Gasteiger partial charge in [0, 0.05) is 25.9 Å².